The molecule has 0 unspecified atom stereocenters. The fourth-order valence-corrected chi connectivity index (χ4v) is 2.74. The summed E-state index contributed by atoms with van der Waals surface area (Å²) in [7, 11) is 0. The van der Waals surface area contributed by atoms with Crippen molar-refractivity contribution in [1.82, 2.24) is 10.2 Å². The van der Waals surface area contributed by atoms with Crippen molar-refractivity contribution in [2.45, 2.75) is 25.7 Å². The minimum absolute atomic E-state index is 0.142. The van der Waals surface area contributed by atoms with Gasteiger partial charge in [0.15, 0.2) is 0 Å². The number of nitrogens with one attached hydrogen (secondary N) is 1. The third-order valence-corrected chi connectivity index (χ3v) is 3.82. The zero-order chi connectivity index (χ0) is 12.3. The van der Waals surface area contributed by atoms with E-state index in [2.05, 4.69) is 5.32 Å². The number of nitrogens with zero attached hydrogens (tertiary/aromatic N) is 1. The SMILES string of the molecule is NC(=O)[C@@H]1CCCN(C(=O)C2CCNCC2)C1. The van der Waals surface area contributed by atoms with Crippen molar-refractivity contribution in [2.24, 2.45) is 17.6 Å². The Morgan fingerprint density at radius 2 is 1.82 bits per heavy atom. The maximum Gasteiger partial charge on any atom is 0.225 e. The summed E-state index contributed by atoms with van der Waals surface area (Å²) in [5, 5.41) is 3.25. The molecule has 2 saturated heterocycles. The summed E-state index contributed by atoms with van der Waals surface area (Å²) in [5.74, 6) is -0.0532. The van der Waals surface area contributed by atoms with Gasteiger partial charge in [-0.1, -0.05) is 0 Å². The van der Waals surface area contributed by atoms with Crippen LogP contribution in [0, 0.1) is 11.8 Å². The Hall–Kier alpha value is -1.10. The number of amides is 2. The number of carbonyl (C=O) groups is 2. The molecule has 5 heteroatoms. The number of carbonyl (C=O) groups excluding carboxylic acids is 2. The normalized spacial score (nSPS) is 26.8. The topological polar surface area (TPSA) is 75.4 Å². The van der Waals surface area contributed by atoms with Crippen LogP contribution in [0.2, 0.25) is 0 Å². The van der Waals surface area contributed by atoms with E-state index >= 15 is 0 Å². The molecule has 17 heavy (non-hydrogen) atoms. The molecule has 2 amide bonds. The van der Waals surface area contributed by atoms with Crippen LogP contribution in [0.3, 0.4) is 0 Å². The Morgan fingerprint density at radius 3 is 2.47 bits per heavy atom. The van der Waals surface area contributed by atoms with Gasteiger partial charge in [-0.05, 0) is 38.8 Å². The molecule has 0 saturated carbocycles. The van der Waals surface area contributed by atoms with Crippen LogP contribution in [0.15, 0.2) is 0 Å². The van der Waals surface area contributed by atoms with E-state index in [9.17, 15) is 9.59 Å². The molecule has 1 atom stereocenters. The predicted octanol–water partition coefficient (Wildman–Crippen LogP) is -0.290. The Morgan fingerprint density at radius 1 is 1.12 bits per heavy atom. The minimum Gasteiger partial charge on any atom is -0.369 e. The number of rotatable bonds is 2. The number of piperidine rings is 2. The summed E-state index contributed by atoms with van der Waals surface area (Å²) in [4.78, 5) is 25.3. The molecule has 2 rings (SSSR count). The molecule has 5 nitrogen and oxygen atoms in total. The Labute approximate surface area is 102 Å². The molecule has 3 N–H and O–H groups in total. The highest BCUT2D eigenvalue weighted by molar-refractivity contribution is 5.81. The molecular weight excluding hydrogens is 218 g/mol. The molecular formula is C12H21N3O2. The lowest BCUT2D eigenvalue weighted by Gasteiger charge is -2.34. The van der Waals surface area contributed by atoms with Gasteiger partial charge in [0, 0.05) is 19.0 Å². The molecule has 0 aromatic carbocycles. The number of hydrogen-bond donors (Lipinski definition) is 2. The second-order valence-corrected chi connectivity index (χ2v) is 5.05. The monoisotopic (exact) mass is 239 g/mol. The first-order valence-corrected chi connectivity index (χ1v) is 6.47. The van der Waals surface area contributed by atoms with Gasteiger partial charge in [-0.3, -0.25) is 9.59 Å². The molecule has 2 aliphatic rings. The van der Waals surface area contributed by atoms with E-state index in [-0.39, 0.29) is 23.7 Å². The molecule has 0 aromatic rings. The van der Waals surface area contributed by atoms with Crippen molar-refractivity contribution < 1.29 is 9.59 Å². The minimum atomic E-state index is -0.271. The molecule has 0 bridgehead atoms. The van der Waals surface area contributed by atoms with Crippen LogP contribution in [-0.2, 0) is 9.59 Å². The largest absolute Gasteiger partial charge is 0.369 e. The van der Waals surface area contributed by atoms with Gasteiger partial charge in [0.05, 0.1) is 5.92 Å². The van der Waals surface area contributed by atoms with E-state index < -0.39 is 0 Å². The van der Waals surface area contributed by atoms with Crippen LogP contribution < -0.4 is 11.1 Å². The molecule has 96 valence electrons. The van der Waals surface area contributed by atoms with E-state index in [1.54, 1.807) is 0 Å². The molecule has 0 radical (unpaired) electrons. The average Bonchev–Trinajstić information content (AvgIpc) is 2.39. The van der Waals surface area contributed by atoms with Crippen LogP contribution in [0.5, 0.6) is 0 Å². The zero-order valence-electron chi connectivity index (χ0n) is 10.2. The van der Waals surface area contributed by atoms with Gasteiger partial charge in [0.25, 0.3) is 0 Å². The molecule has 2 aliphatic heterocycles. The number of primary amides is 1. The summed E-state index contributed by atoms with van der Waals surface area (Å²) >= 11 is 0. The number of likely N-dealkylation sites (tertiary alicyclic amines) is 1. The molecule has 2 heterocycles. The van der Waals surface area contributed by atoms with E-state index in [1.165, 1.54) is 0 Å². The van der Waals surface area contributed by atoms with Crippen molar-refractivity contribution in [3.8, 4) is 0 Å². The molecule has 0 aliphatic carbocycles. The van der Waals surface area contributed by atoms with Crippen molar-refractivity contribution in [3.05, 3.63) is 0 Å². The van der Waals surface area contributed by atoms with Crippen LogP contribution >= 0.6 is 0 Å². The van der Waals surface area contributed by atoms with Gasteiger partial charge < -0.3 is 16.0 Å². The van der Waals surface area contributed by atoms with E-state index in [0.29, 0.717) is 6.54 Å². The maximum atomic E-state index is 12.3. The van der Waals surface area contributed by atoms with Gasteiger partial charge in [0.1, 0.15) is 0 Å². The Balaban J connectivity index is 1.91. The fourth-order valence-electron chi connectivity index (χ4n) is 2.74. The first kappa shape index (κ1) is 12.4. The number of hydrogen-bond acceptors (Lipinski definition) is 3. The molecule has 0 spiro atoms. The Kier molecular flexibility index (Phi) is 3.99. The van der Waals surface area contributed by atoms with Crippen molar-refractivity contribution in [3.63, 3.8) is 0 Å². The third kappa shape index (κ3) is 2.97. The summed E-state index contributed by atoms with van der Waals surface area (Å²) in [5.41, 5.74) is 5.32. The first-order chi connectivity index (χ1) is 8.18. The lowest BCUT2D eigenvalue weighted by atomic mass is 9.92. The van der Waals surface area contributed by atoms with Crippen molar-refractivity contribution >= 4 is 11.8 Å². The summed E-state index contributed by atoms with van der Waals surface area (Å²) in [6.45, 7) is 3.15. The highest BCUT2D eigenvalue weighted by Crippen LogP contribution is 2.21. The van der Waals surface area contributed by atoms with Gasteiger partial charge in [0.2, 0.25) is 11.8 Å². The molecule has 2 fully saturated rings. The predicted molar refractivity (Wildman–Crippen MR) is 64.1 cm³/mol. The second kappa shape index (κ2) is 5.49. The Bertz CT molecular complexity index is 300. The van der Waals surface area contributed by atoms with Crippen LogP contribution in [-0.4, -0.2) is 42.9 Å². The van der Waals surface area contributed by atoms with Gasteiger partial charge in [-0.2, -0.15) is 0 Å². The van der Waals surface area contributed by atoms with Crippen LogP contribution in [0.4, 0.5) is 0 Å². The van der Waals surface area contributed by atoms with Gasteiger partial charge >= 0.3 is 0 Å². The fraction of sp³-hybridized carbons (Fsp3) is 0.833. The molecule has 0 aromatic heterocycles. The summed E-state index contributed by atoms with van der Waals surface area (Å²) in [6, 6.07) is 0. The average molecular weight is 239 g/mol. The van der Waals surface area contributed by atoms with Crippen molar-refractivity contribution in [1.29, 1.82) is 0 Å². The summed E-state index contributed by atoms with van der Waals surface area (Å²) < 4.78 is 0. The lowest BCUT2D eigenvalue weighted by Crippen LogP contribution is -2.47. The zero-order valence-corrected chi connectivity index (χ0v) is 10.2. The van der Waals surface area contributed by atoms with Gasteiger partial charge in [-0.15, -0.1) is 0 Å². The highest BCUT2D eigenvalue weighted by Gasteiger charge is 2.31. The van der Waals surface area contributed by atoms with Crippen LogP contribution in [0.1, 0.15) is 25.7 Å². The smallest absolute Gasteiger partial charge is 0.225 e. The first-order valence-electron chi connectivity index (χ1n) is 6.47. The van der Waals surface area contributed by atoms with E-state index in [1.807, 2.05) is 4.90 Å². The number of nitrogens with two attached hydrogens (primary N) is 1. The van der Waals surface area contributed by atoms with Gasteiger partial charge in [-0.25, -0.2) is 0 Å². The second-order valence-electron chi connectivity index (χ2n) is 5.05. The summed E-state index contributed by atoms with van der Waals surface area (Å²) in [6.07, 6.45) is 3.54. The van der Waals surface area contributed by atoms with E-state index in [0.717, 1.165) is 45.3 Å². The van der Waals surface area contributed by atoms with E-state index in [4.69, 9.17) is 5.73 Å². The third-order valence-electron chi connectivity index (χ3n) is 3.82. The standard InChI is InChI=1S/C12H21N3O2/c13-11(16)10-2-1-7-15(8-10)12(17)9-3-5-14-6-4-9/h9-10,14H,1-8H2,(H2,13,16)/t10-/m1/s1. The van der Waals surface area contributed by atoms with Crippen LogP contribution in [0.25, 0.3) is 0 Å². The highest BCUT2D eigenvalue weighted by atomic mass is 16.2. The quantitative estimate of drug-likeness (QED) is 0.695. The van der Waals surface area contributed by atoms with Crippen molar-refractivity contribution in [2.75, 3.05) is 26.2 Å². The lowest BCUT2D eigenvalue weighted by molar-refractivity contribution is -0.139. The maximum absolute atomic E-state index is 12.3.